The maximum atomic E-state index is 5.76. The van der Waals surface area contributed by atoms with Gasteiger partial charge in [-0.15, -0.1) is 0 Å². The molecule has 3 aromatic carbocycles. The molecular weight excluding hydrogens is 394 g/mol. The Balaban J connectivity index is 1.74. The van der Waals surface area contributed by atoms with Crippen molar-refractivity contribution in [1.82, 2.24) is 5.01 Å². The molecule has 1 N–H and O–H groups in total. The van der Waals surface area contributed by atoms with Crippen molar-refractivity contribution in [2.75, 3.05) is 19.5 Å². The Morgan fingerprint density at radius 2 is 1.50 bits per heavy atom. The number of hydrogen-bond acceptors (Lipinski definition) is 4. The lowest BCUT2D eigenvalue weighted by Crippen LogP contribution is -2.31. The molecule has 0 radical (unpaired) electrons. The summed E-state index contributed by atoms with van der Waals surface area (Å²) in [5.41, 5.74) is 3.87. The number of thiocarbonyl (C=S) groups is 1. The maximum Gasteiger partial charge on any atom is 0.194 e. The largest absolute Gasteiger partial charge is 0.496 e. The average Bonchev–Trinajstić information content (AvgIpc) is 3.25. The molecule has 30 heavy (non-hydrogen) atoms. The van der Waals surface area contributed by atoms with Crippen LogP contribution >= 0.6 is 12.2 Å². The summed E-state index contributed by atoms with van der Waals surface area (Å²) >= 11 is 5.76. The number of hydrogen-bond donors (Lipinski definition) is 1. The molecular formula is C24H23N3O2S. The standard InChI is InChI=1S/C24H23N3O2S/c1-28-21-14-9-15-22(29-2)23(21)20-16-19(17-10-5-3-6-11-17)26-27(20)24(30)25-18-12-7-4-8-13-18/h3-15,20H,16H2,1-2H3,(H,25,30)/t20-/m1/s1. The fourth-order valence-corrected chi connectivity index (χ4v) is 3.92. The summed E-state index contributed by atoms with van der Waals surface area (Å²) < 4.78 is 11.3. The van der Waals surface area contributed by atoms with Crippen LogP contribution in [0, 0.1) is 0 Å². The van der Waals surface area contributed by atoms with Gasteiger partial charge in [0, 0.05) is 12.1 Å². The Morgan fingerprint density at radius 3 is 2.10 bits per heavy atom. The normalized spacial score (nSPS) is 15.5. The molecule has 0 unspecified atom stereocenters. The quantitative estimate of drug-likeness (QED) is 0.575. The van der Waals surface area contributed by atoms with E-state index in [0.29, 0.717) is 11.5 Å². The number of methoxy groups -OCH3 is 2. The minimum Gasteiger partial charge on any atom is -0.496 e. The van der Waals surface area contributed by atoms with Crippen molar-refractivity contribution in [1.29, 1.82) is 0 Å². The van der Waals surface area contributed by atoms with Crippen LogP contribution in [-0.4, -0.2) is 30.1 Å². The molecule has 0 fully saturated rings. The van der Waals surface area contributed by atoms with Crippen molar-refractivity contribution >= 4 is 28.7 Å². The van der Waals surface area contributed by atoms with Crippen molar-refractivity contribution in [3.8, 4) is 11.5 Å². The van der Waals surface area contributed by atoms with Gasteiger partial charge in [0.05, 0.1) is 31.5 Å². The molecule has 0 aliphatic carbocycles. The summed E-state index contributed by atoms with van der Waals surface area (Å²) in [7, 11) is 3.33. The first-order valence-corrected chi connectivity index (χ1v) is 10.1. The van der Waals surface area contributed by atoms with Crippen molar-refractivity contribution in [3.05, 3.63) is 90.0 Å². The lowest BCUT2D eigenvalue weighted by Gasteiger charge is -2.27. The predicted octanol–water partition coefficient (Wildman–Crippen LogP) is 5.25. The van der Waals surface area contributed by atoms with Gasteiger partial charge in [-0.1, -0.05) is 54.6 Å². The highest BCUT2D eigenvalue weighted by molar-refractivity contribution is 7.80. The van der Waals surface area contributed by atoms with E-state index in [-0.39, 0.29) is 6.04 Å². The summed E-state index contributed by atoms with van der Waals surface area (Å²) in [6.07, 6.45) is 0.678. The first kappa shape index (κ1) is 19.9. The minimum absolute atomic E-state index is 0.157. The molecule has 0 saturated carbocycles. The van der Waals surface area contributed by atoms with E-state index in [4.69, 9.17) is 26.8 Å². The van der Waals surface area contributed by atoms with Crippen LogP contribution in [-0.2, 0) is 0 Å². The number of benzene rings is 3. The van der Waals surface area contributed by atoms with E-state index in [2.05, 4.69) is 17.4 Å². The molecule has 1 atom stereocenters. The summed E-state index contributed by atoms with van der Waals surface area (Å²) in [5, 5.41) is 10.6. The highest BCUT2D eigenvalue weighted by atomic mass is 32.1. The second-order valence-corrected chi connectivity index (χ2v) is 7.24. The van der Waals surface area contributed by atoms with Gasteiger partial charge in [0.25, 0.3) is 0 Å². The zero-order valence-corrected chi connectivity index (χ0v) is 17.7. The molecule has 0 aromatic heterocycles. The van der Waals surface area contributed by atoms with E-state index in [0.717, 1.165) is 34.0 Å². The van der Waals surface area contributed by atoms with Crippen LogP contribution in [0.2, 0.25) is 0 Å². The molecule has 0 saturated heterocycles. The van der Waals surface area contributed by atoms with Crippen molar-refractivity contribution in [3.63, 3.8) is 0 Å². The van der Waals surface area contributed by atoms with Crippen LogP contribution in [0.25, 0.3) is 0 Å². The monoisotopic (exact) mass is 417 g/mol. The third kappa shape index (κ3) is 4.00. The number of ether oxygens (including phenoxy) is 2. The molecule has 0 bridgehead atoms. The third-order valence-electron chi connectivity index (χ3n) is 5.05. The molecule has 4 rings (SSSR count). The Kier molecular flexibility index (Phi) is 5.95. The molecule has 1 aliphatic heterocycles. The van der Waals surface area contributed by atoms with Gasteiger partial charge >= 0.3 is 0 Å². The first-order chi connectivity index (χ1) is 14.7. The maximum absolute atomic E-state index is 5.76. The van der Waals surface area contributed by atoms with Crippen LogP contribution in [0.15, 0.2) is 84.0 Å². The van der Waals surface area contributed by atoms with E-state index in [1.807, 2.05) is 71.7 Å². The number of nitrogens with one attached hydrogen (secondary N) is 1. The van der Waals surface area contributed by atoms with Crippen molar-refractivity contribution in [2.24, 2.45) is 5.10 Å². The van der Waals surface area contributed by atoms with Gasteiger partial charge < -0.3 is 14.8 Å². The molecule has 3 aromatic rings. The number of nitrogens with zero attached hydrogens (tertiary/aromatic N) is 2. The van der Waals surface area contributed by atoms with Gasteiger partial charge in [-0.05, 0) is 42.0 Å². The number of anilines is 1. The fraction of sp³-hybridized carbons (Fsp3) is 0.167. The van der Waals surface area contributed by atoms with Gasteiger partial charge in [0.2, 0.25) is 0 Å². The van der Waals surface area contributed by atoms with Crippen LogP contribution in [0.5, 0.6) is 11.5 Å². The van der Waals surface area contributed by atoms with Crippen LogP contribution in [0.3, 0.4) is 0 Å². The highest BCUT2D eigenvalue weighted by Gasteiger charge is 2.35. The Morgan fingerprint density at radius 1 is 0.900 bits per heavy atom. The van der Waals surface area contributed by atoms with Crippen LogP contribution in [0.4, 0.5) is 5.69 Å². The van der Waals surface area contributed by atoms with Gasteiger partial charge in [-0.3, -0.25) is 0 Å². The van der Waals surface area contributed by atoms with Gasteiger partial charge in [0.1, 0.15) is 11.5 Å². The Hall–Kier alpha value is -3.38. The van der Waals surface area contributed by atoms with Gasteiger partial charge in [-0.25, -0.2) is 5.01 Å². The first-order valence-electron chi connectivity index (χ1n) is 9.70. The van der Waals surface area contributed by atoms with E-state index in [9.17, 15) is 0 Å². The molecule has 0 spiro atoms. The lowest BCUT2D eigenvalue weighted by molar-refractivity contribution is 0.329. The van der Waals surface area contributed by atoms with Crippen molar-refractivity contribution < 1.29 is 9.47 Å². The Bertz CT molecular complexity index is 1030. The molecule has 152 valence electrons. The number of hydrazone groups is 1. The summed E-state index contributed by atoms with van der Waals surface area (Å²) in [6.45, 7) is 0. The topological polar surface area (TPSA) is 46.1 Å². The van der Waals surface area contributed by atoms with Crippen LogP contribution in [0.1, 0.15) is 23.6 Å². The minimum atomic E-state index is -0.157. The molecule has 0 amide bonds. The second kappa shape index (κ2) is 8.97. The molecule has 1 heterocycles. The zero-order valence-electron chi connectivity index (χ0n) is 16.9. The SMILES string of the molecule is COc1cccc(OC)c1[C@H]1CC(c2ccccc2)=NN1C(=S)Nc1ccccc1. The van der Waals surface area contributed by atoms with Gasteiger partial charge in [-0.2, -0.15) is 5.10 Å². The summed E-state index contributed by atoms with van der Waals surface area (Å²) in [4.78, 5) is 0. The number of rotatable bonds is 5. The van der Waals surface area contributed by atoms with Gasteiger partial charge in [0.15, 0.2) is 5.11 Å². The van der Waals surface area contributed by atoms with E-state index in [1.165, 1.54) is 0 Å². The summed E-state index contributed by atoms with van der Waals surface area (Å²) in [5.74, 6) is 1.49. The third-order valence-corrected chi connectivity index (χ3v) is 5.34. The van der Waals surface area contributed by atoms with E-state index in [1.54, 1.807) is 14.2 Å². The lowest BCUT2D eigenvalue weighted by atomic mass is 9.97. The predicted molar refractivity (Wildman–Crippen MR) is 124 cm³/mol. The second-order valence-electron chi connectivity index (χ2n) is 6.85. The number of para-hydroxylation sites is 1. The zero-order chi connectivity index (χ0) is 20.9. The molecule has 5 nitrogen and oxygen atoms in total. The van der Waals surface area contributed by atoms with E-state index >= 15 is 0 Å². The highest BCUT2D eigenvalue weighted by Crippen LogP contribution is 2.42. The van der Waals surface area contributed by atoms with E-state index < -0.39 is 0 Å². The molecule has 6 heteroatoms. The fourth-order valence-electron chi connectivity index (χ4n) is 3.64. The summed E-state index contributed by atoms with van der Waals surface area (Å²) in [6, 6.07) is 25.6. The van der Waals surface area contributed by atoms with Crippen molar-refractivity contribution in [2.45, 2.75) is 12.5 Å². The van der Waals surface area contributed by atoms with Crippen LogP contribution < -0.4 is 14.8 Å². The Labute approximate surface area is 181 Å². The molecule has 1 aliphatic rings. The smallest absolute Gasteiger partial charge is 0.194 e. The average molecular weight is 418 g/mol.